The summed E-state index contributed by atoms with van der Waals surface area (Å²) in [5, 5.41) is 0. The lowest BCUT2D eigenvalue weighted by molar-refractivity contribution is 0.0992. The van der Waals surface area contributed by atoms with Crippen molar-refractivity contribution in [1.82, 2.24) is 0 Å². The van der Waals surface area contributed by atoms with Gasteiger partial charge in [0.15, 0.2) is 17.8 Å². The van der Waals surface area contributed by atoms with Gasteiger partial charge >= 0.3 is 0 Å². The maximum Gasteiger partial charge on any atom is 0.185 e. The minimum Gasteiger partial charge on any atom is -0.453 e. The molecule has 1 heterocycles. The number of carbonyl (C=O) groups is 2. The van der Waals surface area contributed by atoms with Crippen LogP contribution in [0.1, 0.15) is 26.5 Å². The van der Waals surface area contributed by atoms with Gasteiger partial charge in [-0.25, -0.2) is 4.39 Å². The van der Waals surface area contributed by atoms with Gasteiger partial charge in [0.2, 0.25) is 0 Å². The lowest BCUT2D eigenvalue weighted by atomic mass is 9.97. The van der Waals surface area contributed by atoms with Gasteiger partial charge in [-0.05, 0) is 35.9 Å². The highest BCUT2D eigenvalue weighted by Gasteiger charge is 2.17. The summed E-state index contributed by atoms with van der Waals surface area (Å²) in [5.74, 6) is -0.184. The average molecular weight is 308 g/mol. The second-order valence-corrected chi connectivity index (χ2v) is 5.10. The third kappa shape index (κ3) is 3.26. The van der Waals surface area contributed by atoms with Crippen molar-refractivity contribution >= 4 is 12.1 Å². The molecule has 2 aromatic carbocycles. The third-order valence-corrected chi connectivity index (χ3v) is 3.50. The van der Waals surface area contributed by atoms with E-state index in [4.69, 9.17) is 4.42 Å². The van der Waals surface area contributed by atoms with E-state index in [1.165, 1.54) is 24.3 Å². The zero-order valence-corrected chi connectivity index (χ0v) is 12.2. The van der Waals surface area contributed by atoms with Crippen molar-refractivity contribution in [2.45, 2.75) is 6.42 Å². The fraction of sp³-hybridized carbons (Fsp3) is 0.0526. The monoisotopic (exact) mass is 308 g/mol. The van der Waals surface area contributed by atoms with Crippen LogP contribution in [-0.2, 0) is 6.42 Å². The van der Waals surface area contributed by atoms with Gasteiger partial charge in [0.1, 0.15) is 11.6 Å². The van der Waals surface area contributed by atoms with Gasteiger partial charge in [-0.1, -0.05) is 30.3 Å². The fourth-order valence-corrected chi connectivity index (χ4v) is 2.40. The fourth-order valence-electron chi connectivity index (χ4n) is 2.40. The first-order valence-electron chi connectivity index (χ1n) is 7.09. The summed E-state index contributed by atoms with van der Waals surface area (Å²) >= 11 is 0. The van der Waals surface area contributed by atoms with E-state index in [2.05, 4.69) is 0 Å². The molecular formula is C19H13FO3. The van der Waals surface area contributed by atoms with Gasteiger partial charge in [0.25, 0.3) is 0 Å². The molecule has 0 saturated carbocycles. The zero-order valence-electron chi connectivity index (χ0n) is 12.2. The molecule has 23 heavy (non-hydrogen) atoms. The molecule has 0 fully saturated rings. The maximum atomic E-state index is 13.6. The number of ketones is 1. The minimum absolute atomic E-state index is 0.158. The van der Waals surface area contributed by atoms with Gasteiger partial charge in [0, 0.05) is 17.5 Å². The third-order valence-electron chi connectivity index (χ3n) is 3.50. The van der Waals surface area contributed by atoms with Gasteiger partial charge < -0.3 is 4.42 Å². The van der Waals surface area contributed by atoms with Crippen LogP contribution in [0.25, 0.3) is 11.3 Å². The molecule has 0 aliphatic heterocycles. The Kier molecular flexibility index (Phi) is 4.15. The van der Waals surface area contributed by atoms with Crippen molar-refractivity contribution in [3.8, 4) is 11.3 Å². The Hall–Kier alpha value is -3.01. The maximum absolute atomic E-state index is 13.6. The van der Waals surface area contributed by atoms with Crippen LogP contribution in [-0.4, -0.2) is 12.1 Å². The van der Waals surface area contributed by atoms with Crippen LogP contribution in [0.5, 0.6) is 0 Å². The summed E-state index contributed by atoms with van der Waals surface area (Å²) in [4.78, 5) is 23.3. The minimum atomic E-state index is -0.493. The summed E-state index contributed by atoms with van der Waals surface area (Å²) < 4.78 is 19.0. The van der Waals surface area contributed by atoms with E-state index in [1.54, 1.807) is 6.07 Å². The van der Waals surface area contributed by atoms with E-state index in [9.17, 15) is 14.0 Å². The zero-order chi connectivity index (χ0) is 16.2. The van der Waals surface area contributed by atoms with E-state index in [-0.39, 0.29) is 23.5 Å². The largest absolute Gasteiger partial charge is 0.453 e. The molecule has 0 radical (unpaired) electrons. The second-order valence-electron chi connectivity index (χ2n) is 5.10. The molecule has 3 nitrogen and oxygen atoms in total. The average Bonchev–Trinajstić information content (AvgIpc) is 3.04. The van der Waals surface area contributed by atoms with Crippen LogP contribution in [0.4, 0.5) is 4.39 Å². The number of hydrogen-bond acceptors (Lipinski definition) is 3. The first-order chi connectivity index (χ1) is 11.2. The van der Waals surface area contributed by atoms with Crippen LogP contribution in [0.2, 0.25) is 0 Å². The number of rotatable bonds is 5. The Balaban J connectivity index is 1.99. The Morgan fingerprint density at radius 1 is 1.04 bits per heavy atom. The normalized spacial score (nSPS) is 10.5. The van der Waals surface area contributed by atoms with Crippen LogP contribution in [0.15, 0.2) is 65.1 Å². The lowest BCUT2D eigenvalue weighted by Gasteiger charge is -2.07. The standard InChI is InChI=1S/C19H13FO3/c20-14-6-8-16(19-9-7-15(12-21)23-19)17(11-14)18(22)10-13-4-2-1-3-5-13/h1-9,11-12H,10H2. The molecule has 0 N–H and O–H groups in total. The topological polar surface area (TPSA) is 47.3 Å². The Labute approximate surface area is 132 Å². The number of Topliss-reactive ketones (excluding diaryl/α,β-unsaturated/α-hetero) is 1. The quantitative estimate of drug-likeness (QED) is 0.521. The molecule has 1 aromatic heterocycles. The molecular weight excluding hydrogens is 295 g/mol. The van der Waals surface area contributed by atoms with E-state index in [0.717, 1.165) is 5.56 Å². The number of halogens is 1. The summed E-state index contributed by atoms with van der Waals surface area (Å²) in [6, 6.07) is 16.3. The summed E-state index contributed by atoms with van der Waals surface area (Å²) in [6.45, 7) is 0. The highest BCUT2D eigenvalue weighted by Crippen LogP contribution is 2.27. The molecule has 0 unspecified atom stereocenters. The van der Waals surface area contributed by atoms with Crippen molar-refractivity contribution in [1.29, 1.82) is 0 Å². The van der Waals surface area contributed by atoms with E-state index >= 15 is 0 Å². The Morgan fingerprint density at radius 3 is 2.52 bits per heavy atom. The number of furan rings is 1. The molecule has 4 heteroatoms. The van der Waals surface area contributed by atoms with Gasteiger partial charge in [-0.15, -0.1) is 0 Å². The van der Waals surface area contributed by atoms with E-state index in [1.807, 2.05) is 30.3 Å². The molecule has 3 aromatic rings. The van der Waals surface area contributed by atoms with Gasteiger partial charge in [-0.3, -0.25) is 9.59 Å². The molecule has 3 rings (SSSR count). The molecule has 0 amide bonds. The van der Waals surface area contributed by atoms with Crippen LogP contribution in [0.3, 0.4) is 0 Å². The Bertz CT molecular complexity index is 850. The van der Waals surface area contributed by atoms with Crippen LogP contribution in [0, 0.1) is 5.82 Å². The van der Waals surface area contributed by atoms with Crippen molar-refractivity contribution < 1.29 is 18.4 Å². The second kappa shape index (κ2) is 6.40. The molecule has 114 valence electrons. The first kappa shape index (κ1) is 14.9. The molecule has 0 aliphatic rings. The van der Waals surface area contributed by atoms with Crippen molar-refractivity contribution in [2.24, 2.45) is 0 Å². The SMILES string of the molecule is O=Cc1ccc(-c2ccc(F)cc2C(=O)Cc2ccccc2)o1. The molecule has 0 spiro atoms. The molecule has 0 atom stereocenters. The number of aldehydes is 1. The van der Waals surface area contributed by atoms with Crippen molar-refractivity contribution in [3.05, 3.63) is 83.4 Å². The van der Waals surface area contributed by atoms with Gasteiger partial charge in [0.05, 0.1) is 0 Å². The molecule has 0 aliphatic carbocycles. The summed E-state index contributed by atoms with van der Waals surface area (Å²) in [6.07, 6.45) is 0.747. The van der Waals surface area contributed by atoms with E-state index < -0.39 is 5.82 Å². The van der Waals surface area contributed by atoms with Crippen LogP contribution < -0.4 is 0 Å². The summed E-state index contributed by atoms with van der Waals surface area (Å²) in [7, 11) is 0. The van der Waals surface area contributed by atoms with Gasteiger partial charge in [-0.2, -0.15) is 0 Å². The predicted molar refractivity (Wildman–Crippen MR) is 84.0 cm³/mol. The highest BCUT2D eigenvalue weighted by atomic mass is 19.1. The highest BCUT2D eigenvalue weighted by molar-refractivity contribution is 6.03. The smallest absolute Gasteiger partial charge is 0.185 e. The summed E-state index contributed by atoms with van der Waals surface area (Å²) in [5.41, 5.74) is 1.56. The predicted octanol–water partition coefficient (Wildman–Crippen LogP) is 4.32. The first-order valence-corrected chi connectivity index (χ1v) is 7.09. The molecule has 0 saturated heterocycles. The van der Waals surface area contributed by atoms with E-state index in [0.29, 0.717) is 17.6 Å². The number of carbonyl (C=O) groups excluding carboxylic acids is 2. The molecule has 0 bridgehead atoms. The number of hydrogen-bond donors (Lipinski definition) is 0. The van der Waals surface area contributed by atoms with Crippen molar-refractivity contribution in [3.63, 3.8) is 0 Å². The van der Waals surface area contributed by atoms with Crippen LogP contribution >= 0.6 is 0 Å². The van der Waals surface area contributed by atoms with Crippen molar-refractivity contribution in [2.75, 3.05) is 0 Å². The lowest BCUT2D eigenvalue weighted by Crippen LogP contribution is -2.06. The number of benzene rings is 2. The Morgan fingerprint density at radius 2 is 1.83 bits per heavy atom.